The van der Waals surface area contributed by atoms with Crippen LogP contribution >= 0.6 is 0 Å². The molecule has 78 valence electrons. The Kier molecular flexibility index (Phi) is 3.11. The van der Waals surface area contributed by atoms with Crippen molar-refractivity contribution in [2.75, 3.05) is 5.73 Å². The Labute approximate surface area is 85.5 Å². The van der Waals surface area contributed by atoms with Gasteiger partial charge in [-0.15, -0.1) is 0 Å². The molecule has 0 aliphatic heterocycles. The molecule has 4 N–H and O–H groups in total. The number of hydrogen-bond donors (Lipinski definition) is 2. The van der Waals surface area contributed by atoms with Gasteiger partial charge in [0.25, 0.3) is 0 Å². The van der Waals surface area contributed by atoms with Gasteiger partial charge in [-0.25, -0.2) is 4.98 Å². The average molecular weight is 193 g/mol. The van der Waals surface area contributed by atoms with Gasteiger partial charge in [0.15, 0.2) is 0 Å². The van der Waals surface area contributed by atoms with E-state index < -0.39 is 0 Å². The molecule has 1 aromatic rings. The number of aromatic nitrogens is 1. The third-order valence-electron chi connectivity index (χ3n) is 2.00. The van der Waals surface area contributed by atoms with Crippen molar-refractivity contribution in [1.29, 1.82) is 0 Å². The summed E-state index contributed by atoms with van der Waals surface area (Å²) in [7, 11) is 0. The first kappa shape index (κ1) is 11.0. The van der Waals surface area contributed by atoms with Gasteiger partial charge >= 0.3 is 0 Å². The topological polar surface area (TPSA) is 64.9 Å². The van der Waals surface area contributed by atoms with Crippen molar-refractivity contribution in [1.82, 2.24) is 4.98 Å². The smallest absolute Gasteiger partial charge is 0.123 e. The molecular weight excluding hydrogens is 174 g/mol. The third-order valence-corrected chi connectivity index (χ3v) is 2.00. The molecule has 1 rings (SSSR count). The standard InChI is InChI=1S/C11H19N3/c1-11(2,3)7-8(12)9-5-4-6-10(13)14-9/h4-6,8H,7,12H2,1-3H3,(H2,13,14). The van der Waals surface area contributed by atoms with Gasteiger partial charge in [0.1, 0.15) is 5.82 Å². The lowest BCUT2D eigenvalue weighted by atomic mass is 9.87. The molecule has 14 heavy (non-hydrogen) atoms. The van der Waals surface area contributed by atoms with Crippen LogP contribution in [0.15, 0.2) is 18.2 Å². The number of anilines is 1. The van der Waals surface area contributed by atoms with Crippen LogP contribution in [0.1, 0.15) is 38.9 Å². The Morgan fingerprint density at radius 2 is 2.00 bits per heavy atom. The summed E-state index contributed by atoms with van der Waals surface area (Å²) in [5.74, 6) is 0.534. The van der Waals surface area contributed by atoms with Crippen LogP contribution in [0.5, 0.6) is 0 Å². The van der Waals surface area contributed by atoms with Gasteiger partial charge in [-0.3, -0.25) is 0 Å². The zero-order valence-corrected chi connectivity index (χ0v) is 9.12. The molecule has 0 aliphatic rings. The molecule has 1 aromatic heterocycles. The van der Waals surface area contributed by atoms with Crippen molar-refractivity contribution in [3.8, 4) is 0 Å². The first-order valence-corrected chi connectivity index (χ1v) is 4.86. The Morgan fingerprint density at radius 1 is 1.36 bits per heavy atom. The van der Waals surface area contributed by atoms with Gasteiger partial charge in [0.2, 0.25) is 0 Å². The predicted molar refractivity (Wildman–Crippen MR) is 59.6 cm³/mol. The van der Waals surface area contributed by atoms with Crippen LogP contribution in [0.4, 0.5) is 5.82 Å². The number of nitrogen functional groups attached to an aromatic ring is 1. The van der Waals surface area contributed by atoms with E-state index in [1.165, 1.54) is 0 Å². The Bertz CT molecular complexity index is 302. The lowest BCUT2D eigenvalue weighted by Crippen LogP contribution is -2.20. The minimum Gasteiger partial charge on any atom is -0.384 e. The van der Waals surface area contributed by atoms with Crippen molar-refractivity contribution in [2.45, 2.75) is 33.2 Å². The minimum absolute atomic E-state index is 0.0292. The fraction of sp³-hybridized carbons (Fsp3) is 0.545. The quantitative estimate of drug-likeness (QED) is 0.756. The van der Waals surface area contributed by atoms with E-state index in [0.29, 0.717) is 5.82 Å². The number of nitrogens with two attached hydrogens (primary N) is 2. The Morgan fingerprint density at radius 3 is 2.50 bits per heavy atom. The van der Waals surface area contributed by atoms with E-state index in [0.717, 1.165) is 12.1 Å². The van der Waals surface area contributed by atoms with Crippen LogP contribution in [0.2, 0.25) is 0 Å². The van der Waals surface area contributed by atoms with E-state index in [4.69, 9.17) is 11.5 Å². The van der Waals surface area contributed by atoms with Crippen LogP contribution in [-0.2, 0) is 0 Å². The van der Waals surface area contributed by atoms with Crippen molar-refractivity contribution in [3.05, 3.63) is 23.9 Å². The van der Waals surface area contributed by atoms with Crippen molar-refractivity contribution < 1.29 is 0 Å². The van der Waals surface area contributed by atoms with Gasteiger partial charge in [-0.1, -0.05) is 26.8 Å². The largest absolute Gasteiger partial charge is 0.384 e. The summed E-state index contributed by atoms with van der Waals surface area (Å²) in [5.41, 5.74) is 12.7. The second kappa shape index (κ2) is 3.96. The summed E-state index contributed by atoms with van der Waals surface area (Å²) in [4.78, 5) is 4.21. The summed E-state index contributed by atoms with van der Waals surface area (Å²) < 4.78 is 0. The molecule has 3 nitrogen and oxygen atoms in total. The summed E-state index contributed by atoms with van der Waals surface area (Å²) in [6, 6.07) is 5.55. The highest BCUT2D eigenvalue weighted by atomic mass is 14.9. The lowest BCUT2D eigenvalue weighted by molar-refractivity contribution is 0.340. The van der Waals surface area contributed by atoms with Gasteiger partial charge in [-0.05, 0) is 24.0 Å². The van der Waals surface area contributed by atoms with Gasteiger partial charge in [-0.2, -0.15) is 0 Å². The van der Waals surface area contributed by atoms with Crippen LogP contribution in [-0.4, -0.2) is 4.98 Å². The summed E-state index contributed by atoms with van der Waals surface area (Å²) in [6.07, 6.45) is 0.906. The molecule has 0 aliphatic carbocycles. The zero-order chi connectivity index (χ0) is 10.8. The van der Waals surface area contributed by atoms with Gasteiger partial charge < -0.3 is 11.5 Å². The molecular formula is C11H19N3. The maximum atomic E-state index is 6.03. The van der Waals surface area contributed by atoms with E-state index in [-0.39, 0.29) is 11.5 Å². The van der Waals surface area contributed by atoms with Gasteiger partial charge in [0, 0.05) is 6.04 Å². The molecule has 0 radical (unpaired) electrons. The molecule has 3 heteroatoms. The van der Waals surface area contributed by atoms with Crippen molar-refractivity contribution in [2.24, 2.45) is 11.1 Å². The summed E-state index contributed by atoms with van der Waals surface area (Å²) >= 11 is 0. The predicted octanol–water partition coefficient (Wildman–Crippen LogP) is 2.10. The number of hydrogen-bond acceptors (Lipinski definition) is 3. The van der Waals surface area contributed by atoms with Crippen LogP contribution in [0, 0.1) is 5.41 Å². The maximum absolute atomic E-state index is 6.03. The molecule has 0 spiro atoms. The highest BCUT2D eigenvalue weighted by Crippen LogP contribution is 2.26. The van der Waals surface area contributed by atoms with E-state index in [9.17, 15) is 0 Å². The SMILES string of the molecule is CC(C)(C)CC(N)c1cccc(N)n1. The molecule has 0 amide bonds. The monoisotopic (exact) mass is 193 g/mol. The molecule has 0 aromatic carbocycles. The van der Waals surface area contributed by atoms with Crippen molar-refractivity contribution >= 4 is 5.82 Å². The van der Waals surface area contributed by atoms with E-state index >= 15 is 0 Å². The second-order valence-corrected chi connectivity index (χ2v) is 4.86. The fourth-order valence-electron chi connectivity index (χ4n) is 1.44. The molecule has 0 saturated heterocycles. The van der Waals surface area contributed by atoms with Gasteiger partial charge in [0.05, 0.1) is 5.69 Å². The maximum Gasteiger partial charge on any atom is 0.123 e. The van der Waals surface area contributed by atoms with Crippen molar-refractivity contribution in [3.63, 3.8) is 0 Å². The number of rotatable bonds is 2. The molecule has 1 heterocycles. The normalized spacial score (nSPS) is 14.0. The van der Waals surface area contributed by atoms with E-state index in [1.807, 2.05) is 12.1 Å². The molecule has 1 unspecified atom stereocenters. The Balaban J connectivity index is 2.74. The summed E-state index contributed by atoms with van der Waals surface area (Å²) in [6.45, 7) is 6.50. The molecule has 1 atom stereocenters. The average Bonchev–Trinajstić information content (AvgIpc) is 2.01. The van der Waals surface area contributed by atoms with Crippen LogP contribution < -0.4 is 11.5 Å². The second-order valence-electron chi connectivity index (χ2n) is 4.86. The molecule has 0 saturated carbocycles. The number of pyridine rings is 1. The molecule has 0 bridgehead atoms. The van der Waals surface area contributed by atoms with Crippen LogP contribution in [0.25, 0.3) is 0 Å². The number of nitrogens with zero attached hydrogens (tertiary/aromatic N) is 1. The Hall–Kier alpha value is -1.09. The third kappa shape index (κ3) is 3.34. The summed E-state index contributed by atoms with van der Waals surface area (Å²) in [5, 5.41) is 0. The first-order chi connectivity index (χ1) is 6.38. The molecule has 0 fully saturated rings. The van der Waals surface area contributed by atoms with E-state index in [2.05, 4.69) is 25.8 Å². The first-order valence-electron chi connectivity index (χ1n) is 4.86. The zero-order valence-electron chi connectivity index (χ0n) is 9.12. The fourth-order valence-corrected chi connectivity index (χ4v) is 1.44. The highest BCUT2D eigenvalue weighted by molar-refractivity contribution is 5.29. The van der Waals surface area contributed by atoms with Crippen LogP contribution in [0.3, 0.4) is 0 Å². The highest BCUT2D eigenvalue weighted by Gasteiger charge is 2.17. The van der Waals surface area contributed by atoms with E-state index in [1.54, 1.807) is 6.07 Å². The lowest BCUT2D eigenvalue weighted by Gasteiger charge is -2.22. The minimum atomic E-state index is -0.0292.